The molecule has 176 valence electrons. The summed E-state index contributed by atoms with van der Waals surface area (Å²) in [6, 6.07) is 12.3. The fraction of sp³-hybridized carbons (Fsp3) is 0.320. The molecular formula is C25H27Cl2N7. The zero-order valence-electron chi connectivity index (χ0n) is 19.1. The van der Waals surface area contributed by atoms with Crippen LogP contribution in [0.5, 0.6) is 0 Å². The Morgan fingerprint density at radius 1 is 1.06 bits per heavy atom. The van der Waals surface area contributed by atoms with E-state index in [4.69, 9.17) is 22.3 Å². The van der Waals surface area contributed by atoms with Gasteiger partial charge in [0.15, 0.2) is 5.82 Å². The second-order valence-corrected chi connectivity index (χ2v) is 9.47. The molecule has 0 saturated carbocycles. The summed E-state index contributed by atoms with van der Waals surface area (Å²) in [6.45, 7) is 5.67. The van der Waals surface area contributed by atoms with Gasteiger partial charge in [0.05, 0.1) is 39.9 Å². The summed E-state index contributed by atoms with van der Waals surface area (Å²) in [5.41, 5.74) is 13.4. The molecule has 34 heavy (non-hydrogen) atoms. The summed E-state index contributed by atoms with van der Waals surface area (Å²) >= 11 is 6.62. The van der Waals surface area contributed by atoms with Gasteiger partial charge in [-0.25, -0.2) is 9.50 Å². The molecule has 0 radical (unpaired) electrons. The van der Waals surface area contributed by atoms with Crippen LogP contribution in [0.15, 0.2) is 48.8 Å². The summed E-state index contributed by atoms with van der Waals surface area (Å²) < 4.78 is 1.96. The number of hydrogen-bond acceptors (Lipinski definition) is 6. The van der Waals surface area contributed by atoms with Crippen molar-refractivity contribution in [2.24, 2.45) is 5.73 Å². The van der Waals surface area contributed by atoms with Crippen LogP contribution in [0, 0.1) is 13.8 Å². The molecular weight excluding hydrogens is 469 g/mol. The van der Waals surface area contributed by atoms with Crippen molar-refractivity contribution < 1.29 is 0 Å². The maximum Gasteiger partial charge on any atom is 0.155 e. The van der Waals surface area contributed by atoms with Gasteiger partial charge in [-0.1, -0.05) is 29.8 Å². The Morgan fingerprint density at radius 3 is 2.59 bits per heavy atom. The molecule has 0 aliphatic carbocycles. The lowest BCUT2D eigenvalue weighted by Crippen LogP contribution is -2.52. The summed E-state index contributed by atoms with van der Waals surface area (Å²) in [4.78, 5) is 11.7. The fourth-order valence-electron chi connectivity index (χ4n) is 5.43. The number of para-hydroxylation sites is 1. The molecule has 0 unspecified atom stereocenters. The van der Waals surface area contributed by atoms with Gasteiger partial charge >= 0.3 is 0 Å². The highest BCUT2D eigenvalue weighted by Gasteiger charge is 2.46. The minimum atomic E-state index is -0.103. The Balaban J connectivity index is 0.00000241. The van der Waals surface area contributed by atoms with Crippen molar-refractivity contribution in [3.8, 4) is 11.3 Å². The van der Waals surface area contributed by atoms with Gasteiger partial charge in [-0.15, -0.1) is 12.4 Å². The molecule has 4 aromatic rings. The third-order valence-corrected chi connectivity index (χ3v) is 7.73. The van der Waals surface area contributed by atoms with E-state index in [0.29, 0.717) is 5.02 Å². The van der Waals surface area contributed by atoms with Gasteiger partial charge in [-0.3, -0.25) is 4.98 Å². The molecule has 0 bridgehead atoms. The van der Waals surface area contributed by atoms with Gasteiger partial charge in [0.1, 0.15) is 5.52 Å². The molecule has 5 heterocycles. The topological polar surface area (TPSA) is 84.4 Å². The van der Waals surface area contributed by atoms with E-state index in [-0.39, 0.29) is 24.0 Å². The van der Waals surface area contributed by atoms with Crippen molar-refractivity contribution in [2.45, 2.75) is 38.3 Å². The minimum Gasteiger partial charge on any atom is -0.377 e. The van der Waals surface area contributed by atoms with Crippen LogP contribution in [0.4, 0.5) is 11.5 Å². The lowest BCUT2D eigenvalue weighted by molar-refractivity contribution is 0.323. The van der Waals surface area contributed by atoms with E-state index in [2.05, 4.69) is 44.6 Å². The number of fused-ring (bicyclic) bond motifs is 2. The number of aryl methyl sites for hydroxylation is 2. The Bertz CT molecular complexity index is 1380. The quantitative estimate of drug-likeness (QED) is 0.409. The van der Waals surface area contributed by atoms with Crippen LogP contribution in [0.3, 0.4) is 0 Å². The molecule has 3 aromatic heterocycles. The molecule has 2 aliphatic heterocycles. The van der Waals surface area contributed by atoms with E-state index in [1.54, 1.807) is 6.20 Å². The average molecular weight is 496 g/mol. The number of piperidine rings is 1. The number of nitrogens with one attached hydrogen (secondary N) is 1. The number of nitrogens with two attached hydrogens (primary N) is 1. The van der Waals surface area contributed by atoms with Crippen LogP contribution in [-0.2, 0) is 0 Å². The van der Waals surface area contributed by atoms with Crippen molar-refractivity contribution in [3.05, 3.63) is 70.8 Å². The van der Waals surface area contributed by atoms with Crippen molar-refractivity contribution in [3.63, 3.8) is 0 Å². The smallest absolute Gasteiger partial charge is 0.155 e. The minimum absolute atomic E-state index is 0. The van der Waals surface area contributed by atoms with Crippen molar-refractivity contribution >= 4 is 41.0 Å². The monoisotopic (exact) mass is 495 g/mol. The van der Waals surface area contributed by atoms with Crippen molar-refractivity contribution in [2.75, 3.05) is 23.3 Å². The predicted molar refractivity (Wildman–Crippen MR) is 139 cm³/mol. The highest BCUT2D eigenvalue weighted by molar-refractivity contribution is 6.33. The molecule has 1 atom stereocenters. The molecule has 2 aliphatic rings. The van der Waals surface area contributed by atoms with Crippen molar-refractivity contribution in [1.29, 1.82) is 0 Å². The summed E-state index contributed by atoms with van der Waals surface area (Å²) in [7, 11) is 0. The van der Waals surface area contributed by atoms with Gasteiger partial charge < -0.3 is 16.0 Å². The highest BCUT2D eigenvalue weighted by atomic mass is 35.5. The van der Waals surface area contributed by atoms with Crippen LogP contribution in [0.1, 0.15) is 35.8 Å². The Kier molecular flexibility index (Phi) is 5.67. The lowest BCUT2D eigenvalue weighted by Gasteiger charge is -2.43. The molecule has 1 fully saturated rings. The molecule has 1 saturated heterocycles. The molecule has 9 heteroatoms. The third kappa shape index (κ3) is 3.34. The standard InChI is InChI=1S/C25H26ClN7.ClH/c1-15-21(26)18(7-11-28-15)22-16(2)30-24(20-8-12-29-33(20)22)32-13-9-25(10-14-32)23(27)17-5-3-4-6-19(17)31-25;/h3-8,11-12,23,31H,9-10,13-14,27H2,1-2H3;1H/t23-;/m1./s1. The van der Waals surface area contributed by atoms with Crippen LogP contribution in [0.25, 0.3) is 16.8 Å². The van der Waals surface area contributed by atoms with Crippen LogP contribution in [-0.4, -0.2) is 38.2 Å². The molecule has 6 rings (SSSR count). The number of benzene rings is 1. The number of rotatable bonds is 2. The summed E-state index contributed by atoms with van der Waals surface area (Å²) in [5.74, 6) is 0.953. The Morgan fingerprint density at radius 2 is 1.82 bits per heavy atom. The molecule has 1 aromatic carbocycles. The number of anilines is 2. The van der Waals surface area contributed by atoms with Gasteiger partial charge in [-0.2, -0.15) is 5.10 Å². The van der Waals surface area contributed by atoms with Crippen LogP contribution < -0.4 is 16.0 Å². The van der Waals surface area contributed by atoms with E-state index in [0.717, 1.165) is 59.9 Å². The zero-order valence-corrected chi connectivity index (χ0v) is 20.7. The van der Waals surface area contributed by atoms with Gasteiger partial charge in [0, 0.05) is 30.5 Å². The van der Waals surface area contributed by atoms with E-state index < -0.39 is 0 Å². The summed E-state index contributed by atoms with van der Waals surface area (Å²) in [6.07, 6.45) is 5.49. The highest BCUT2D eigenvalue weighted by Crippen LogP contribution is 2.46. The van der Waals surface area contributed by atoms with Crippen LogP contribution in [0.2, 0.25) is 5.02 Å². The first-order valence-electron chi connectivity index (χ1n) is 11.3. The number of halogens is 2. The second kappa shape index (κ2) is 8.41. The number of nitrogens with zero attached hydrogens (tertiary/aromatic N) is 5. The average Bonchev–Trinajstić information content (AvgIpc) is 3.40. The maximum absolute atomic E-state index is 6.72. The summed E-state index contributed by atoms with van der Waals surface area (Å²) in [5, 5.41) is 9.01. The van der Waals surface area contributed by atoms with E-state index in [9.17, 15) is 0 Å². The number of pyridine rings is 1. The number of aromatic nitrogens is 4. The molecule has 1 spiro atoms. The van der Waals surface area contributed by atoms with E-state index in [1.165, 1.54) is 11.3 Å². The first-order valence-corrected chi connectivity index (χ1v) is 11.7. The Hall–Kier alpha value is -2.87. The van der Waals surface area contributed by atoms with Gasteiger partial charge in [0.25, 0.3) is 0 Å². The van der Waals surface area contributed by atoms with Crippen molar-refractivity contribution in [1.82, 2.24) is 19.6 Å². The SMILES string of the molecule is Cc1nccc(-c2c(C)nc(N3CCC4(CC3)Nc3ccccc3[C@H]4N)c3ccnn23)c1Cl.Cl. The molecule has 7 nitrogen and oxygen atoms in total. The van der Waals surface area contributed by atoms with Crippen LogP contribution >= 0.6 is 24.0 Å². The largest absolute Gasteiger partial charge is 0.377 e. The second-order valence-electron chi connectivity index (χ2n) is 9.09. The molecule has 0 amide bonds. The van der Waals surface area contributed by atoms with Gasteiger partial charge in [-0.05, 0) is 50.5 Å². The normalized spacial score (nSPS) is 18.6. The zero-order chi connectivity index (χ0) is 22.7. The van der Waals surface area contributed by atoms with Gasteiger partial charge in [0.2, 0.25) is 0 Å². The lowest BCUT2D eigenvalue weighted by atomic mass is 9.81. The number of hydrogen-bond donors (Lipinski definition) is 2. The van der Waals surface area contributed by atoms with E-state index in [1.807, 2.05) is 36.7 Å². The fourth-order valence-corrected chi connectivity index (χ4v) is 5.63. The third-order valence-electron chi connectivity index (χ3n) is 7.25. The van der Waals surface area contributed by atoms with E-state index >= 15 is 0 Å². The molecule has 3 N–H and O–H groups in total. The maximum atomic E-state index is 6.72. The Labute approximate surface area is 209 Å². The predicted octanol–water partition coefficient (Wildman–Crippen LogP) is 4.95. The first kappa shape index (κ1) is 22.9. The first-order chi connectivity index (χ1) is 16.0.